The van der Waals surface area contributed by atoms with Gasteiger partial charge in [-0.15, -0.1) is 0 Å². The Morgan fingerprint density at radius 1 is 1.37 bits per heavy atom. The molecule has 0 saturated heterocycles. The Morgan fingerprint density at radius 3 is 2.89 bits per heavy atom. The van der Waals surface area contributed by atoms with Crippen LogP contribution in [-0.2, 0) is 13.1 Å². The molecule has 0 aliphatic rings. The Kier molecular flexibility index (Phi) is 4.68. The highest BCUT2D eigenvalue weighted by atomic mass is 15.3. The van der Waals surface area contributed by atoms with Gasteiger partial charge in [0.25, 0.3) is 0 Å². The lowest BCUT2D eigenvalue weighted by molar-refractivity contribution is 0.252. The maximum Gasteiger partial charge on any atom is 0.0534 e. The lowest BCUT2D eigenvalue weighted by Crippen LogP contribution is -2.21. The van der Waals surface area contributed by atoms with Crippen LogP contribution in [0.5, 0.6) is 0 Å². The monoisotopic (exact) mass is 258 g/mol. The van der Waals surface area contributed by atoms with Crippen molar-refractivity contribution in [1.29, 1.82) is 0 Å². The van der Waals surface area contributed by atoms with Crippen LogP contribution in [0.3, 0.4) is 0 Å². The fraction of sp³-hybridized carbons (Fsp3) is 0.467. The van der Waals surface area contributed by atoms with E-state index in [1.807, 2.05) is 29.3 Å². The molecule has 4 nitrogen and oxygen atoms in total. The topological polar surface area (TPSA) is 34.0 Å². The quantitative estimate of drug-likeness (QED) is 0.799. The molecule has 1 atom stereocenters. The SMILES string of the molecule is CCCn1cc(CN(C)C(C)c2cccnc2)cn1. The molecule has 2 aromatic heterocycles. The Hall–Kier alpha value is -1.68. The number of aromatic nitrogens is 3. The van der Waals surface area contributed by atoms with Crippen molar-refractivity contribution in [3.8, 4) is 0 Å². The number of rotatable bonds is 6. The van der Waals surface area contributed by atoms with Crippen molar-refractivity contribution >= 4 is 0 Å². The first-order valence-electron chi connectivity index (χ1n) is 6.82. The molecule has 4 heteroatoms. The highest BCUT2D eigenvalue weighted by Crippen LogP contribution is 2.19. The summed E-state index contributed by atoms with van der Waals surface area (Å²) in [6, 6.07) is 4.45. The van der Waals surface area contributed by atoms with Crippen molar-refractivity contribution in [2.24, 2.45) is 0 Å². The second-order valence-corrected chi connectivity index (χ2v) is 4.99. The highest BCUT2D eigenvalue weighted by Gasteiger charge is 2.12. The molecule has 0 saturated carbocycles. The minimum atomic E-state index is 0.350. The second kappa shape index (κ2) is 6.48. The molecule has 19 heavy (non-hydrogen) atoms. The van der Waals surface area contributed by atoms with Gasteiger partial charge in [-0.1, -0.05) is 13.0 Å². The standard InChI is InChI=1S/C15H22N4/c1-4-8-19-12-14(9-17-19)11-18(3)13(2)15-6-5-7-16-10-15/h5-7,9-10,12-13H,4,8,11H2,1-3H3. The molecule has 0 spiro atoms. The van der Waals surface area contributed by atoms with Crippen LogP contribution >= 0.6 is 0 Å². The van der Waals surface area contributed by atoms with Crippen LogP contribution in [0, 0.1) is 0 Å². The average molecular weight is 258 g/mol. The molecule has 0 aromatic carbocycles. The second-order valence-electron chi connectivity index (χ2n) is 4.99. The van der Waals surface area contributed by atoms with E-state index in [4.69, 9.17) is 0 Å². The van der Waals surface area contributed by atoms with Gasteiger partial charge in [0, 0.05) is 43.3 Å². The van der Waals surface area contributed by atoms with Crippen LogP contribution in [0.25, 0.3) is 0 Å². The lowest BCUT2D eigenvalue weighted by atomic mass is 10.1. The zero-order chi connectivity index (χ0) is 13.7. The third-order valence-corrected chi connectivity index (χ3v) is 3.40. The number of hydrogen-bond acceptors (Lipinski definition) is 3. The molecule has 2 heterocycles. The van der Waals surface area contributed by atoms with Crippen LogP contribution in [0.2, 0.25) is 0 Å². The number of pyridine rings is 1. The summed E-state index contributed by atoms with van der Waals surface area (Å²) in [6.45, 7) is 6.26. The highest BCUT2D eigenvalue weighted by molar-refractivity contribution is 5.14. The van der Waals surface area contributed by atoms with Gasteiger partial charge >= 0.3 is 0 Å². The van der Waals surface area contributed by atoms with Crippen molar-refractivity contribution in [1.82, 2.24) is 19.7 Å². The third kappa shape index (κ3) is 3.64. The van der Waals surface area contributed by atoms with Gasteiger partial charge in [-0.2, -0.15) is 5.10 Å². The smallest absolute Gasteiger partial charge is 0.0534 e. The molecule has 1 unspecified atom stereocenters. The predicted octanol–water partition coefficient (Wildman–Crippen LogP) is 2.88. The minimum Gasteiger partial charge on any atom is -0.295 e. The summed E-state index contributed by atoms with van der Waals surface area (Å²) >= 11 is 0. The van der Waals surface area contributed by atoms with Crippen LogP contribution < -0.4 is 0 Å². The van der Waals surface area contributed by atoms with Gasteiger partial charge in [0.2, 0.25) is 0 Å². The summed E-state index contributed by atoms with van der Waals surface area (Å²) in [5, 5.41) is 4.37. The number of aryl methyl sites for hydroxylation is 1. The van der Waals surface area contributed by atoms with Gasteiger partial charge in [-0.3, -0.25) is 14.6 Å². The molecule has 2 aromatic rings. The molecule has 0 radical (unpaired) electrons. The Morgan fingerprint density at radius 2 is 2.21 bits per heavy atom. The molecule has 0 aliphatic carbocycles. The number of hydrogen-bond donors (Lipinski definition) is 0. The van der Waals surface area contributed by atoms with Gasteiger partial charge in [-0.05, 0) is 32.0 Å². The van der Waals surface area contributed by atoms with Crippen molar-refractivity contribution < 1.29 is 0 Å². The van der Waals surface area contributed by atoms with Gasteiger partial charge in [0.1, 0.15) is 0 Å². The zero-order valence-electron chi connectivity index (χ0n) is 12.0. The number of nitrogens with zero attached hydrogens (tertiary/aromatic N) is 4. The molecule has 102 valence electrons. The maximum atomic E-state index is 4.37. The summed E-state index contributed by atoms with van der Waals surface area (Å²) in [5.41, 5.74) is 2.50. The van der Waals surface area contributed by atoms with E-state index in [1.165, 1.54) is 11.1 Å². The Labute approximate surface area is 115 Å². The first-order valence-corrected chi connectivity index (χ1v) is 6.82. The fourth-order valence-corrected chi connectivity index (χ4v) is 2.14. The van der Waals surface area contributed by atoms with Crippen molar-refractivity contribution in [3.05, 3.63) is 48.0 Å². The molecule has 0 N–H and O–H groups in total. The summed E-state index contributed by atoms with van der Waals surface area (Å²) in [4.78, 5) is 6.49. The summed E-state index contributed by atoms with van der Waals surface area (Å²) in [5.74, 6) is 0. The van der Waals surface area contributed by atoms with Crippen molar-refractivity contribution in [2.75, 3.05) is 7.05 Å². The van der Waals surface area contributed by atoms with Crippen LogP contribution in [0.1, 0.15) is 37.4 Å². The molecule has 0 amide bonds. The normalized spacial score (nSPS) is 12.8. The van der Waals surface area contributed by atoms with E-state index in [0.29, 0.717) is 6.04 Å². The molecule has 2 rings (SSSR count). The average Bonchev–Trinajstić information content (AvgIpc) is 2.86. The van der Waals surface area contributed by atoms with Crippen LogP contribution in [0.15, 0.2) is 36.9 Å². The fourth-order valence-electron chi connectivity index (χ4n) is 2.14. The van der Waals surface area contributed by atoms with E-state index in [0.717, 1.165) is 19.5 Å². The van der Waals surface area contributed by atoms with E-state index >= 15 is 0 Å². The Balaban J connectivity index is 1.98. The van der Waals surface area contributed by atoms with Crippen LogP contribution in [-0.4, -0.2) is 26.7 Å². The third-order valence-electron chi connectivity index (χ3n) is 3.40. The summed E-state index contributed by atoms with van der Waals surface area (Å²) < 4.78 is 2.01. The van der Waals surface area contributed by atoms with Gasteiger partial charge in [0.05, 0.1) is 6.20 Å². The van der Waals surface area contributed by atoms with Gasteiger partial charge in [-0.25, -0.2) is 0 Å². The summed E-state index contributed by atoms with van der Waals surface area (Å²) in [7, 11) is 2.13. The predicted molar refractivity (Wildman–Crippen MR) is 76.6 cm³/mol. The van der Waals surface area contributed by atoms with E-state index in [-0.39, 0.29) is 0 Å². The Bertz CT molecular complexity index is 492. The maximum absolute atomic E-state index is 4.37. The first-order chi connectivity index (χ1) is 9.20. The molecular formula is C15H22N4. The molecule has 0 aliphatic heterocycles. The lowest BCUT2D eigenvalue weighted by Gasteiger charge is -2.24. The van der Waals surface area contributed by atoms with E-state index < -0.39 is 0 Å². The van der Waals surface area contributed by atoms with Gasteiger partial charge < -0.3 is 0 Å². The van der Waals surface area contributed by atoms with E-state index in [9.17, 15) is 0 Å². The van der Waals surface area contributed by atoms with Gasteiger partial charge in [0.15, 0.2) is 0 Å². The largest absolute Gasteiger partial charge is 0.295 e. The minimum absolute atomic E-state index is 0.350. The van der Waals surface area contributed by atoms with E-state index in [2.05, 4.69) is 48.1 Å². The zero-order valence-corrected chi connectivity index (χ0v) is 12.0. The van der Waals surface area contributed by atoms with Crippen molar-refractivity contribution in [3.63, 3.8) is 0 Å². The molecule has 0 bridgehead atoms. The van der Waals surface area contributed by atoms with E-state index in [1.54, 1.807) is 0 Å². The van der Waals surface area contributed by atoms with Crippen LogP contribution in [0.4, 0.5) is 0 Å². The summed E-state index contributed by atoms with van der Waals surface area (Å²) in [6.07, 6.45) is 8.95. The molecule has 0 fully saturated rings. The van der Waals surface area contributed by atoms with Crippen molar-refractivity contribution in [2.45, 2.75) is 39.4 Å². The molecular weight excluding hydrogens is 236 g/mol. The first kappa shape index (κ1) is 13.7.